The van der Waals surface area contributed by atoms with E-state index in [2.05, 4.69) is 21.2 Å². The highest BCUT2D eigenvalue weighted by Crippen LogP contribution is 2.32. The van der Waals surface area contributed by atoms with Crippen molar-refractivity contribution in [3.8, 4) is 0 Å². The molecule has 1 unspecified atom stereocenters. The Morgan fingerprint density at radius 3 is 2.67 bits per heavy atom. The van der Waals surface area contributed by atoms with Crippen LogP contribution in [-0.2, 0) is 9.59 Å². The summed E-state index contributed by atoms with van der Waals surface area (Å²) >= 11 is 3.00. The zero-order valence-corrected chi connectivity index (χ0v) is 10.9. The molecule has 2 amide bonds. The Balaban J connectivity index is 2.53. The van der Waals surface area contributed by atoms with Gasteiger partial charge in [-0.1, -0.05) is 0 Å². The third kappa shape index (κ3) is 2.10. The van der Waals surface area contributed by atoms with Gasteiger partial charge >= 0.3 is 0 Å². The zero-order valence-electron chi connectivity index (χ0n) is 9.34. The number of hydrogen-bond acceptors (Lipinski definition) is 2. The Hall–Kier alpha value is -1.50. The lowest BCUT2D eigenvalue weighted by Gasteiger charge is -2.33. The lowest BCUT2D eigenvalue weighted by atomic mass is 10.1. The van der Waals surface area contributed by atoms with Crippen molar-refractivity contribution in [3.63, 3.8) is 0 Å². The van der Waals surface area contributed by atoms with Gasteiger partial charge in [-0.05, 0) is 28.9 Å². The number of nitrogens with zero attached hydrogens (tertiary/aromatic N) is 1. The molecule has 1 aliphatic heterocycles. The summed E-state index contributed by atoms with van der Waals surface area (Å²) in [5.74, 6) is -2.49. The Bertz CT molecular complexity index is 513. The molecule has 0 spiro atoms. The van der Waals surface area contributed by atoms with E-state index >= 15 is 0 Å². The van der Waals surface area contributed by atoms with E-state index in [1.165, 1.54) is 6.92 Å². The Morgan fingerprint density at radius 2 is 2.06 bits per heavy atom. The lowest BCUT2D eigenvalue weighted by Crippen LogP contribution is -2.57. The van der Waals surface area contributed by atoms with Crippen molar-refractivity contribution in [2.45, 2.75) is 13.0 Å². The second-order valence-corrected chi connectivity index (χ2v) is 4.73. The van der Waals surface area contributed by atoms with Gasteiger partial charge in [0.05, 0.1) is 12.2 Å². The monoisotopic (exact) mass is 318 g/mol. The summed E-state index contributed by atoms with van der Waals surface area (Å²) in [6.07, 6.45) is 0. The number of rotatable bonds is 1. The minimum absolute atomic E-state index is 0.0925. The smallest absolute Gasteiger partial charge is 0.247 e. The van der Waals surface area contributed by atoms with Crippen LogP contribution in [-0.4, -0.2) is 24.4 Å². The maximum absolute atomic E-state index is 13.8. The summed E-state index contributed by atoms with van der Waals surface area (Å²) in [6, 6.07) is 0.875. The highest BCUT2D eigenvalue weighted by Gasteiger charge is 2.34. The number of nitrogens with one attached hydrogen (secondary N) is 1. The average molecular weight is 319 g/mol. The number of hydrogen-bond donors (Lipinski definition) is 1. The highest BCUT2D eigenvalue weighted by atomic mass is 79.9. The molecule has 0 bridgehead atoms. The van der Waals surface area contributed by atoms with Crippen LogP contribution in [0.3, 0.4) is 0 Å². The van der Waals surface area contributed by atoms with Crippen LogP contribution in [0.1, 0.15) is 6.92 Å². The molecular weight excluding hydrogens is 310 g/mol. The molecule has 1 aromatic rings. The third-order valence-corrected chi connectivity index (χ3v) is 3.28. The van der Waals surface area contributed by atoms with Gasteiger partial charge in [0.15, 0.2) is 5.82 Å². The second-order valence-electron chi connectivity index (χ2n) is 3.88. The summed E-state index contributed by atoms with van der Waals surface area (Å²) in [7, 11) is 0. The van der Waals surface area contributed by atoms with Crippen LogP contribution in [0.15, 0.2) is 16.6 Å². The van der Waals surface area contributed by atoms with Crippen LogP contribution in [0.5, 0.6) is 0 Å². The molecule has 0 saturated carbocycles. The van der Waals surface area contributed by atoms with Gasteiger partial charge in [-0.2, -0.15) is 0 Å². The quantitative estimate of drug-likeness (QED) is 0.854. The fourth-order valence-corrected chi connectivity index (χ4v) is 2.41. The van der Waals surface area contributed by atoms with Crippen LogP contribution in [0.2, 0.25) is 0 Å². The maximum atomic E-state index is 13.8. The van der Waals surface area contributed by atoms with Crippen LogP contribution < -0.4 is 10.2 Å². The molecule has 4 nitrogen and oxygen atoms in total. The number of halogens is 3. The Labute approximate surface area is 110 Å². The largest absolute Gasteiger partial charge is 0.345 e. The van der Waals surface area contributed by atoms with Gasteiger partial charge in [-0.15, -0.1) is 0 Å². The molecule has 7 heteroatoms. The molecule has 1 atom stereocenters. The standard InChI is InChI=1S/C11H9BrF2N2O2/c1-5-11(18)15-4-9(17)16(5)10-7(12)2-6(13)3-8(10)14/h2-3,5H,4H2,1H3,(H,15,18). The Kier molecular flexibility index (Phi) is 3.34. The number of amides is 2. The van der Waals surface area contributed by atoms with Gasteiger partial charge in [0.1, 0.15) is 11.9 Å². The van der Waals surface area contributed by atoms with Crippen molar-refractivity contribution < 1.29 is 18.4 Å². The fourth-order valence-electron chi connectivity index (χ4n) is 1.81. The molecule has 0 aliphatic carbocycles. The third-order valence-electron chi connectivity index (χ3n) is 2.67. The molecule has 1 aromatic carbocycles. The molecule has 1 heterocycles. The first-order valence-electron chi connectivity index (χ1n) is 5.16. The second kappa shape index (κ2) is 4.64. The van der Waals surface area contributed by atoms with Crippen molar-refractivity contribution in [2.24, 2.45) is 0 Å². The maximum Gasteiger partial charge on any atom is 0.247 e. The number of carbonyl (C=O) groups excluding carboxylic acids is 2. The SMILES string of the molecule is CC1C(=O)NCC(=O)N1c1c(F)cc(F)cc1Br. The molecule has 96 valence electrons. The number of anilines is 1. The summed E-state index contributed by atoms with van der Waals surface area (Å²) in [6.45, 7) is 1.27. The molecule has 0 radical (unpaired) electrons. The van der Waals surface area contributed by atoms with Crippen molar-refractivity contribution in [1.29, 1.82) is 0 Å². The van der Waals surface area contributed by atoms with Gasteiger partial charge in [0.25, 0.3) is 0 Å². The summed E-state index contributed by atoms with van der Waals surface area (Å²) in [5, 5.41) is 2.39. The van der Waals surface area contributed by atoms with E-state index in [-0.39, 0.29) is 22.6 Å². The Morgan fingerprint density at radius 1 is 1.39 bits per heavy atom. The molecular formula is C11H9BrF2N2O2. The normalized spacial score (nSPS) is 20.0. The molecule has 1 N–H and O–H groups in total. The van der Waals surface area contributed by atoms with Gasteiger partial charge in [-0.25, -0.2) is 8.78 Å². The molecule has 1 aliphatic rings. The molecule has 1 saturated heterocycles. The topological polar surface area (TPSA) is 49.4 Å². The van der Waals surface area contributed by atoms with Crippen LogP contribution >= 0.6 is 15.9 Å². The molecule has 0 aromatic heterocycles. The van der Waals surface area contributed by atoms with Crippen molar-refractivity contribution in [2.75, 3.05) is 11.4 Å². The minimum Gasteiger partial charge on any atom is -0.345 e. The molecule has 18 heavy (non-hydrogen) atoms. The summed E-state index contributed by atoms with van der Waals surface area (Å²) in [4.78, 5) is 24.3. The summed E-state index contributed by atoms with van der Waals surface area (Å²) in [5.41, 5.74) is -0.122. The highest BCUT2D eigenvalue weighted by molar-refractivity contribution is 9.10. The van der Waals surface area contributed by atoms with E-state index in [1.807, 2.05) is 0 Å². The van der Waals surface area contributed by atoms with E-state index in [9.17, 15) is 18.4 Å². The van der Waals surface area contributed by atoms with Crippen LogP contribution in [0, 0.1) is 11.6 Å². The van der Waals surface area contributed by atoms with E-state index < -0.39 is 23.6 Å². The van der Waals surface area contributed by atoms with Crippen molar-refractivity contribution in [1.82, 2.24) is 5.32 Å². The first kappa shape index (κ1) is 12.9. The number of carbonyl (C=O) groups is 2. The molecule has 1 fully saturated rings. The predicted molar refractivity (Wildman–Crippen MR) is 64.0 cm³/mol. The lowest BCUT2D eigenvalue weighted by molar-refractivity contribution is -0.130. The van der Waals surface area contributed by atoms with Crippen LogP contribution in [0.4, 0.5) is 14.5 Å². The van der Waals surface area contributed by atoms with E-state index in [1.54, 1.807) is 0 Å². The first-order chi connectivity index (χ1) is 8.41. The van der Waals surface area contributed by atoms with E-state index in [0.717, 1.165) is 11.0 Å². The molecule has 2 rings (SSSR count). The van der Waals surface area contributed by atoms with Crippen molar-refractivity contribution in [3.05, 3.63) is 28.2 Å². The van der Waals surface area contributed by atoms with E-state index in [4.69, 9.17) is 0 Å². The zero-order chi connectivity index (χ0) is 13.4. The summed E-state index contributed by atoms with van der Waals surface area (Å²) < 4.78 is 26.9. The fraction of sp³-hybridized carbons (Fsp3) is 0.273. The van der Waals surface area contributed by atoms with Gasteiger partial charge in [-0.3, -0.25) is 14.5 Å². The number of benzene rings is 1. The van der Waals surface area contributed by atoms with Gasteiger partial charge in [0, 0.05) is 10.5 Å². The van der Waals surface area contributed by atoms with Gasteiger partial charge < -0.3 is 5.32 Å². The number of piperazine rings is 1. The van der Waals surface area contributed by atoms with Crippen LogP contribution in [0.25, 0.3) is 0 Å². The van der Waals surface area contributed by atoms with E-state index in [0.29, 0.717) is 6.07 Å². The van der Waals surface area contributed by atoms with Gasteiger partial charge in [0.2, 0.25) is 11.8 Å². The predicted octanol–water partition coefficient (Wildman–Crippen LogP) is 1.58. The first-order valence-corrected chi connectivity index (χ1v) is 5.95. The average Bonchev–Trinajstić information content (AvgIpc) is 2.27. The van der Waals surface area contributed by atoms with Crippen molar-refractivity contribution >= 4 is 33.4 Å². The minimum atomic E-state index is -0.892.